The van der Waals surface area contributed by atoms with E-state index in [1.165, 1.54) is 23.8 Å². The van der Waals surface area contributed by atoms with Gasteiger partial charge in [-0.1, -0.05) is 30.3 Å². The van der Waals surface area contributed by atoms with Crippen molar-refractivity contribution in [2.45, 2.75) is 26.3 Å². The summed E-state index contributed by atoms with van der Waals surface area (Å²) in [5.41, 5.74) is 4.34. The summed E-state index contributed by atoms with van der Waals surface area (Å²) in [7, 11) is 3.39. The monoisotopic (exact) mass is 287 g/mol. The Balaban J connectivity index is 2.29. The van der Waals surface area contributed by atoms with Crippen LogP contribution in [-0.2, 0) is 6.42 Å². The zero-order chi connectivity index (χ0) is 15.4. The van der Waals surface area contributed by atoms with Gasteiger partial charge in [0, 0.05) is 6.04 Å². The van der Waals surface area contributed by atoms with Crippen LogP contribution in [0.2, 0.25) is 0 Å². The molecule has 1 atom stereocenters. The summed E-state index contributed by atoms with van der Waals surface area (Å²) < 4.78 is 19.3. The average molecular weight is 287 g/mol. The molecule has 1 N–H and O–H groups in total. The molecule has 2 aromatic carbocycles. The van der Waals surface area contributed by atoms with Crippen molar-refractivity contribution in [3.05, 3.63) is 64.5 Å². The highest BCUT2D eigenvalue weighted by Gasteiger charge is 2.15. The lowest BCUT2D eigenvalue weighted by Gasteiger charge is -2.19. The summed E-state index contributed by atoms with van der Waals surface area (Å²) in [5, 5.41) is 3.27. The molecule has 0 aliphatic heterocycles. The summed E-state index contributed by atoms with van der Waals surface area (Å²) in [6.45, 7) is 4.19. The fourth-order valence-corrected chi connectivity index (χ4v) is 2.46. The van der Waals surface area contributed by atoms with Gasteiger partial charge in [0.1, 0.15) is 0 Å². The van der Waals surface area contributed by atoms with Crippen molar-refractivity contribution in [2.24, 2.45) is 0 Å². The van der Waals surface area contributed by atoms with Crippen molar-refractivity contribution in [3.63, 3.8) is 0 Å². The van der Waals surface area contributed by atoms with Gasteiger partial charge in [-0.2, -0.15) is 0 Å². The number of likely N-dealkylation sites (N-methyl/N-ethyl adjacent to an activating group) is 1. The van der Waals surface area contributed by atoms with Gasteiger partial charge in [0.15, 0.2) is 11.6 Å². The summed E-state index contributed by atoms with van der Waals surface area (Å²) in [4.78, 5) is 0. The summed E-state index contributed by atoms with van der Waals surface area (Å²) in [6, 6.07) is 11.7. The van der Waals surface area contributed by atoms with Crippen LogP contribution in [0, 0.1) is 19.7 Å². The first-order valence-electron chi connectivity index (χ1n) is 7.12. The van der Waals surface area contributed by atoms with Crippen molar-refractivity contribution >= 4 is 0 Å². The lowest BCUT2D eigenvalue weighted by molar-refractivity contribution is 0.383. The number of benzene rings is 2. The van der Waals surface area contributed by atoms with Crippen LogP contribution in [0.5, 0.6) is 5.75 Å². The minimum atomic E-state index is -0.274. The number of aryl methyl sites for hydroxylation is 2. The Morgan fingerprint density at radius 2 is 1.90 bits per heavy atom. The van der Waals surface area contributed by atoms with Crippen molar-refractivity contribution in [1.29, 1.82) is 0 Å². The van der Waals surface area contributed by atoms with Crippen LogP contribution in [0.15, 0.2) is 36.4 Å². The van der Waals surface area contributed by atoms with Crippen molar-refractivity contribution in [1.82, 2.24) is 5.32 Å². The maximum atomic E-state index is 14.3. The topological polar surface area (TPSA) is 21.3 Å². The zero-order valence-corrected chi connectivity index (χ0v) is 13.0. The molecule has 2 rings (SSSR count). The second-order valence-corrected chi connectivity index (χ2v) is 5.32. The highest BCUT2D eigenvalue weighted by atomic mass is 19.1. The molecule has 0 saturated carbocycles. The van der Waals surface area contributed by atoms with E-state index in [-0.39, 0.29) is 11.9 Å². The molecule has 0 fully saturated rings. The van der Waals surface area contributed by atoms with Gasteiger partial charge in [-0.25, -0.2) is 4.39 Å². The minimum absolute atomic E-state index is 0.0749. The minimum Gasteiger partial charge on any atom is -0.494 e. The summed E-state index contributed by atoms with van der Waals surface area (Å²) >= 11 is 0. The molecule has 21 heavy (non-hydrogen) atoms. The van der Waals surface area contributed by atoms with Crippen LogP contribution >= 0.6 is 0 Å². The fourth-order valence-electron chi connectivity index (χ4n) is 2.46. The van der Waals surface area contributed by atoms with Gasteiger partial charge in [0.25, 0.3) is 0 Å². The molecule has 0 amide bonds. The van der Waals surface area contributed by atoms with Crippen LogP contribution < -0.4 is 10.1 Å². The Morgan fingerprint density at radius 3 is 2.52 bits per heavy atom. The van der Waals surface area contributed by atoms with Gasteiger partial charge < -0.3 is 10.1 Å². The van der Waals surface area contributed by atoms with Crippen molar-refractivity contribution in [3.8, 4) is 5.75 Å². The van der Waals surface area contributed by atoms with Gasteiger partial charge in [0.05, 0.1) is 7.11 Å². The molecule has 0 radical (unpaired) electrons. The van der Waals surface area contributed by atoms with Crippen LogP contribution in [0.1, 0.15) is 28.3 Å². The van der Waals surface area contributed by atoms with Crippen LogP contribution in [0.4, 0.5) is 4.39 Å². The molecule has 0 heterocycles. The molecule has 0 spiro atoms. The largest absolute Gasteiger partial charge is 0.494 e. The van der Waals surface area contributed by atoms with E-state index in [0.29, 0.717) is 17.7 Å². The number of hydrogen-bond donors (Lipinski definition) is 1. The smallest absolute Gasteiger partial charge is 0.168 e. The van der Waals surface area contributed by atoms with E-state index >= 15 is 0 Å². The first-order chi connectivity index (χ1) is 10.1. The predicted molar refractivity (Wildman–Crippen MR) is 84.4 cm³/mol. The molecule has 0 aliphatic rings. The quantitative estimate of drug-likeness (QED) is 0.899. The number of halogens is 1. The van der Waals surface area contributed by atoms with E-state index in [1.54, 1.807) is 6.07 Å². The van der Waals surface area contributed by atoms with E-state index in [2.05, 4.69) is 37.4 Å². The Bertz CT molecular complexity index is 625. The van der Waals surface area contributed by atoms with Gasteiger partial charge in [-0.05, 0) is 55.6 Å². The molecular weight excluding hydrogens is 265 g/mol. The Labute approximate surface area is 126 Å². The fraction of sp³-hybridized carbons (Fsp3) is 0.333. The van der Waals surface area contributed by atoms with Crippen molar-refractivity contribution in [2.75, 3.05) is 14.2 Å². The SMILES string of the molecule is CNC(Cc1cccc(OC)c1F)c1ccc(C)c(C)c1. The highest BCUT2D eigenvalue weighted by Crippen LogP contribution is 2.26. The van der Waals surface area contributed by atoms with E-state index in [1.807, 2.05) is 19.2 Å². The highest BCUT2D eigenvalue weighted by molar-refractivity contribution is 5.35. The number of hydrogen-bond acceptors (Lipinski definition) is 2. The maximum Gasteiger partial charge on any atom is 0.168 e. The van der Waals surface area contributed by atoms with E-state index in [9.17, 15) is 4.39 Å². The number of rotatable bonds is 5. The summed E-state index contributed by atoms with van der Waals surface area (Å²) in [5.74, 6) is 0.0199. The molecule has 0 saturated heterocycles. The molecular formula is C18H22FNO. The van der Waals surface area contributed by atoms with Crippen molar-refractivity contribution < 1.29 is 9.13 Å². The van der Waals surface area contributed by atoms with Crippen LogP contribution in [0.3, 0.4) is 0 Å². The Kier molecular flexibility index (Phi) is 4.97. The molecule has 2 aromatic rings. The van der Waals surface area contributed by atoms with Crippen LogP contribution in [0.25, 0.3) is 0 Å². The average Bonchev–Trinajstić information content (AvgIpc) is 2.49. The number of nitrogens with one attached hydrogen (secondary N) is 1. The van der Waals surface area contributed by atoms with Gasteiger partial charge in [-0.15, -0.1) is 0 Å². The molecule has 0 bridgehead atoms. The van der Waals surface area contributed by atoms with Gasteiger partial charge >= 0.3 is 0 Å². The van der Waals surface area contributed by atoms with Crippen LogP contribution in [-0.4, -0.2) is 14.2 Å². The Morgan fingerprint density at radius 1 is 1.14 bits per heavy atom. The molecule has 0 aliphatic carbocycles. The Hall–Kier alpha value is -1.87. The third-order valence-corrected chi connectivity index (χ3v) is 3.97. The predicted octanol–water partition coefficient (Wildman–Crippen LogP) is 3.95. The molecule has 112 valence electrons. The second-order valence-electron chi connectivity index (χ2n) is 5.32. The third kappa shape index (κ3) is 3.42. The van der Waals surface area contributed by atoms with E-state index in [4.69, 9.17) is 4.74 Å². The third-order valence-electron chi connectivity index (χ3n) is 3.97. The second kappa shape index (κ2) is 6.72. The van der Waals surface area contributed by atoms with Gasteiger partial charge in [0.2, 0.25) is 0 Å². The lowest BCUT2D eigenvalue weighted by atomic mass is 9.95. The zero-order valence-electron chi connectivity index (χ0n) is 13.0. The summed E-state index contributed by atoms with van der Waals surface area (Å²) in [6.07, 6.45) is 0.585. The number of methoxy groups -OCH3 is 1. The normalized spacial score (nSPS) is 12.2. The molecule has 0 aromatic heterocycles. The molecule has 1 unspecified atom stereocenters. The van der Waals surface area contributed by atoms with Gasteiger partial charge in [-0.3, -0.25) is 0 Å². The standard InChI is InChI=1S/C18H22FNO/c1-12-8-9-14(10-13(12)2)16(20-3)11-15-6-5-7-17(21-4)18(15)19/h5-10,16,20H,11H2,1-4H3. The first kappa shape index (κ1) is 15.5. The first-order valence-corrected chi connectivity index (χ1v) is 7.12. The van der Waals surface area contributed by atoms with E-state index in [0.717, 1.165) is 0 Å². The molecule has 2 nitrogen and oxygen atoms in total. The van der Waals surface area contributed by atoms with E-state index < -0.39 is 0 Å². The number of ether oxygens (including phenoxy) is 1. The lowest BCUT2D eigenvalue weighted by Crippen LogP contribution is -2.19. The molecule has 3 heteroatoms. The maximum absolute atomic E-state index is 14.3.